The summed E-state index contributed by atoms with van der Waals surface area (Å²) in [4.78, 5) is 5.50. The quantitative estimate of drug-likeness (QED) is 0.832. The summed E-state index contributed by atoms with van der Waals surface area (Å²) in [6.45, 7) is -2.15. The van der Waals surface area contributed by atoms with Gasteiger partial charge in [-0.2, -0.15) is 14.0 Å². The van der Waals surface area contributed by atoms with Gasteiger partial charge < -0.3 is 19.0 Å². The fraction of sp³-hybridized carbons (Fsp3) is 0.467. The van der Waals surface area contributed by atoms with Crippen molar-refractivity contribution in [1.29, 1.82) is 5.26 Å². The van der Waals surface area contributed by atoms with Crippen molar-refractivity contribution in [2.75, 3.05) is 19.8 Å². The number of nitrogens with zero attached hydrogens (tertiary/aromatic N) is 2. The van der Waals surface area contributed by atoms with Gasteiger partial charge in [-0.15, -0.1) is 0 Å². The molecular weight excluding hydrogens is 310 g/mol. The lowest BCUT2D eigenvalue weighted by atomic mass is 9.93. The van der Waals surface area contributed by atoms with E-state index in [0.717, 1.165) is 6.42 Å². The summed E-state index contributed by atoms with van der Waals surface area (Å²) in [6.07, 6.45) is 1.32. The Labute approximate surface area is 131 Å². The van der Waals surface area contributed by atoms with Crippen LogP contribution in [0.1, 0.15) is 18.4 Å². The van der Waals surface area contributed by atoms with Gasteiger partial charge in [-0.25, -0.2) is 0 Å². The van der Waals surface area contributed by atoms with Gasteiger partial charge in [-0.05, 0) is 18.2 Å². The van der Waals surface area contributed by atoms with E-state index in [9.17, 15) is 8.78 Å². The first kappa shape index (κ1) is 15.5. The van der Waals surface area contributed by atoms with Crippen LogP contribution in [0.2, 0.25) is 0 Å². The van der Waals surface area contributed by atoms with Crippen molar-refractivity contribution in [3.8, 4) is 17.6 Å². The molecule has 1 atom stereocenters. The first-order valence-corrected chi connectivity index (χ1v) is 7.04. The first-order valence-electron chi connectivity index (χ1n) is 7.04. The van der Waals surface area contributed by atoms with E-state index in [4.69, 9.17) is 19.6 Å². The molecule has 0 aliphatic carbocycles. The highest BCUT2D eigenvalue weighted by Gasteiger charge is 2.43. The minimum absolute atomic E-state index is 0.0654. The second-order valence-electron chi connectivity index (χ2n) is 5.28. The monoisotopic (exact) mass is 324 g/mol. The lowest BCUT2D eigenvalue weighted by Crippen LogP contribution is -2.29. The van der Waals surface area contributed by atoms with Crippen LogP contribution in [-0.4, -0.2) is 37.7 Å². The SMILES string of the molecule is N#CCOc1cc(C2=NOC3(CCOC3)C2)ccc1OC(F)F. The maximum Gasteiger partial charge on any atom is 0.387 e. The number of oxime groups is 1. The fourth-order valence-corrected chi connectivity index (χ4v) is 2.58. The summed E-state index contributed by atoms with van der Waals surface area (Å²) in [5.74, 6) is -0.0619. The molecule has 0 amide bonds. The number of hydrogen-bond donors (Lipinski definition) is 0. The highest BCUT2D eigenvalue weighted by atomic mass is 19.3. The third-order valence-electron chi connectivity index (χ3n) is 3.69. The molecule has 2 aliphatic rings. The Bertz CT molecular complexity index is 651. The standard InChI is InChI=1S/C15H14F2N2O4/c16-14(17)22-12-2-1-10(7-13(12)21-6-4-18)11-8-15(23-19-11)3-5-20-9-15/h1-2,7,14H,3,5-6,8-9H2. The molecule has 6 nitrogen and oxygen atoms in total. The molecule has 0 radical (unpaired) electrons. The molecular formula is C15H14F2N2O4. The minimum atomic E-state index is -2.98. The molecule has 1 aromatic carbocycles. The van der Waals surface area contributed by atoms with Crippen LogP contribution in [0.5, 0.6) is 11.5 Å². The smallest absolute Gasteiger partial charge is 0.387 e. The Morgan fingerprint density at radius 3 is 2.96 bits per heavy atom. The van der Waals surface area contributed by atoms with Crippen LogP contribution in [0, 0.1) is 11.3 Å². The van der Waals surface area contributed by atoms with Gasteiger partial charge in [0.2, 0.25) is 0 Å². The third kappa shape index (κ3) is 3.35. The van der Waals surface area contributed by atoms with E-state index in [0.29, 0.717) is 30.9 Å². The molecule has 8 heteroatoms. The highest BCUT2D eigenvalue weighted by molar-refractivity contribution is 6.02. The topological polar surface area (TPSA) is 73.1 Å². The van der Waals surface area contributed by atoms with E-state index >= 15 is 0 Å². The van der Waals surface area contributed by atoms with Gasteiger partial charge in [0.1, 0.15) is 6.07 Å². The second-order valence-corrected chi connectivity index (χ2v) is 5.28. The average Bonchev–Trinajstić information content (AvgIpc) is 3.16. The number of alkyl halides is 2. The van der Waals surface area contributed by atoms with E-state index in [1.165, 1.54) is 12.1 Å². The van der Waals surface area contributed by atoms with E-state index in [2.05, 4.69) is 9.89 Å². The van der Waals surface area contributed by atoms with Crippen LogP contribution in [-0.2, 0) is 9.57 Å². The van der Waals surface area contributed by atoms with Crippen LogP contribution < -0.4 is 9.47 Å². The molecule has 3 rings (SSSR count). The second kappa shape index (κ2) is 6.38. The molecule has 1 spiro atoms. The number of ether oxygens (including phenoxy) is 3. The van der Waals surface area contributed by atoms with Gasteiger partial charge in [-0.1, -0.05) is 5.16 Å². The van der Waals surface area contributed by atoms with Crippen molar-refractivity contribution in [3.05, 3.63) is 23.8 Å². The van der Waals surface area contributed by atoms with Crippen molar-refractivity contribution in [1.82, 2.24) is 0 Å². The number of benzene rings is 1. The molecule has 122 valence electrons. The molecule has 1 saturated heterocycles. The Hall–Kier alpha value is -2.40. The zero-order valence-electron chi connectivity index (χ0n) is 12.1. The minimum Gasteiger partial charge on any atom is -0.475 e. The van der Waals surface area contributed by atoms with Crippen LogP contribution in [0.15, 0.2) is 23.4 Å². The molecule has 1 fully saturated rings. The van der Waals surface area contributed by atoms with E-state index in [1.54, 1.807) is 12.1 Å². The Kier molecular flexibility index (Phi) is 4.30. The summed E-state index contributed by atoms with van der Waals surface area (Å²) >= 11 is 0. The lowest BCUT2D eigenvalue weighted by Gasteiger charge is -2.17. The van der Waals surface area contributed by atoms with Crippen molar-refractivity contribution in [3.63, 3.8) is 0 Å². The number of hydrogen-bond acceptors (Lipinski definition) is 6. The first-order chi connectivity index (χ1) is 11.1. The summed E-state index contributed by atoms with van der Waals surface area (Å²) < 4.78 is 39.8. The Morgan fingerprint density at radius 1 is 1.39 bits per heavy atom. The molecule has 0 bridgehead atoms. The summed E-state index contributed by atoms with van der Waals surface area (Å²) in [6, 6.07) is 6.28. The predicted molar refractivity (Wildman–Crippen MR) is 74.6 cm³/mol. The Morgan fingerprint density at radius 2 is 2.26 bits per heavy atom. The Balaban J connectivity index is 1.81. The van der Waals surface area contributed by atoms with Crippen molar-refractivity contribution in [2.24, 2.45) is 5.16 Å². The van der Waals surface area contributed by atoms with Gasteiger partial charge in [0.05, 0.1) is 18.9 Å². The number of rotatable bonds is 5. The maximum absolute atomic E-state index is 12.4. The van der Waals surface area contributed by atoms with Crippen LogP contribution in [0.4, 0.5) is 8.78 Å². The lowest BCUT2D eigenvalue weighted by molar-refractivity contribution is -0.0513. The summed E-state index contributed by atoms with van der Waals surface area (Å²) in [5.41, 5.74) is 0.922. The zero-order valence-corrected chi connectivity index (χ0v) is 12.1. The molecule has 23 heavy (non-hydrogen) atoms. The highest BCUT2D eigenvalue weighted by Crippen LogP contribution is 2.36. The van der Waals surface area contributed by atoms with Gasteiger partial charge in [0.25, 0.3) is 0 Å². The molecule has 0 N–H and O–H groups in total. The fourth-order valence-electron chi connectivity index (χ4n) is 2.58. The van der Waals surface area contributed by atoms with Crippen molar-refractivity contribution < 1.29 is 27.8 Å². The van der Waals surface area contributed by atoms with Gasteiger partial charge in [-0.3, -0.25) is 0 Å². The summed E-state index contributed by atoms with van der Waals surface area (Å²) in [7, 11) is 0. The molecule has 1 aromatic rings. The van der Waals surface area contributed by atoms with Crippen LogP contribution >= 0.6 is 0 Å². The van der Waals surface area contributed by atoms with E-state index in [1.807, 2.05) is 0 Å². The van der Waals surface area contributed by atoms with Crippen molar-refractivity contribution >= 4 is 5.71 Å². The van der Waals surface area contributed by atoms with E-state index in [-0.39, 0.29) is 18.1 Å². The van der Waals surface area contributed by atoms with Crippen molar-refractivity contribution in [2.45, 2.75) is 25.1 Å². The van der Waals surface area contributed by atoms with Crippen LogP contribution in [0.3, 0.4) is 0 Å². The van der Waals surface area contributed by atoms with Gasteiger partial charge in [0, 0.05) is 18.4 Å². The molecule has 0 saturated carbocycles. The predicted octanol–water partition coefficient (Wildman–Crippen LogP) is 2.47. The number of halogens is 2. The van der Waals surface area contributed by atoms with E-state index < -0.39 is 12.2 Å². The average molecular weight is 324 g/mol. The molecule has 2 aliphatic heterocycles. The van der Waals surface area contributed by atoms with Crippen LogP contribution in [0.25, 0.3) is 0 Å². The van der Waals surface area contributed by atoms with Gasteiger partial charge >= 0.3 is 6.61 Å². The third-order valence-corrected chi connectivity index (χ3v) is 3.69. The molecule has 0 aromatic heterocycles. The largest absolute Gasteiger partial charge is 0.475 e. The number of nitriles is 1. The molecule has 1 unspecified atom stereocenters. The summed E-state index contributed by atoms with van der Waals surface area (Å²) in [5, 5.41) is 12.7. The normalized spacial score (nSPS) is 22.8. The zero-order chi connectivity index (χ0) is 16.3. The molecule has 2 heterocycles. The van der Waals surface area contributed by atoms with Gasteiger partial charge in [0.15, 0.2) is 23.7 Å². The maximum atomic E-state index is 12.4.